The lowest BCUT2D eigenvalue weighted by atomic mass is 9.86. The van der Waals surface area contributed by atoms with Gasteiger partial charge in [-0.25, -0.2) is 14.2 Å². The van der Waals surface area contributed by atoms with Crippen molar-refractivity contribution in [1.29, 1.82) is 0 Å². The second kappa shape index (κ2) is 10.1. The monoisotopic (exact) mass is 545 g/mol. The van der Waals surface area contributed by atoms with Crippen LogP contribution in [0.1, 0.15) is 36.7 Å². The normalized spacial score (nSPS) is 12.8. The van der Waals surface area contributed by atoms with Gasteiger partial charge in [-0.3, -0.25) is 4.79 Å². The molecule has 1 aromatic heterocycles. The maximum atomic E-state index is 14.9. The molecule has 4 aromatic rings. The van der Waals surface area contributed by atoms with Crippen molar-refractivity contribution in [3.8, 4) is 11.1 Å². The van der Waals surface area contributed by atoms with Crippen molar-refractivity contribution in [2.75, 3.05) is 5.32 Å². The molecule has 0 radical (unpaired) electrons. The van der Waals surface area contributed by atoms with Crippen molar-refractivity contribution in [2.45, 2.75) is 33.0 Å². The van der Waals surface area contributed by atoms with Crippen LogP contribution in [0.5, 0.6) is 0 Å². The highest BCUT2D eigenvalue weighted by Gasteiger charge is 2.33. The smallest absolute Gasteiger partial charge is 0.416 e. The Morgan fingerprint density at radius 3 is 2.18 bits per heavy atom. The molecule has 38 heavy (non-hydrogen) atoms. The summed E-state index contributed by atoms with van der Waals surface area (Å²) in [4.78, 5) is 28.3. The molecule has 0 fully saturated rings. The highest BCUT2D eigenvalue weighted by atomic mass is 32.1. The van der Waals surface area contributed by atoms with Crippen LogP contribution in [-0.2, 0) is 11.0 Å². The predicted octanol–water partition coefficient (Wildman–Crippen LogP) is 7.09. The third-order valence-corrected chi connectivity index (χ3v) is 6.73. The molecule has 0 aliphatic heterocycles. The molecular weight excluding hydrogens is 522 g/mol. The average Bonchev–Trinajstić information content (AvgIpc) is 3.24. The zero-order valence-electron chi connectivity index (χ0n) is 20.5. The van der Waals surface area contributed by atoms with E-state index in [-0.39, 0.29) is 16.4 Å². The first-order chi connectivity index (χ1) is 17.7. The largest absolute Gasteiger partial charge is 0.480 e. The second-order valence-corrected chi connectivity index (χ2v) is 10.7. The molecule has 0 aliphatic rings. The summed E-state index contributed by atoms with van der Waals surface area (Å²) in [6.45, 7) is 5.13. The summed E-state index contributed by atoms with van der Waals surface area (Å²) >= 11 is 0.980. The number of hydrogen-bond donors (Lipinski definition) is 3. The van der Waals surface area contributed by atoms with Crippen LogP contribution in [0.2, 0.25) is 0 Å². The van der Waals surface area contributed by atoms with E-state index in [1.54, 1.807) is 39.0 Å². The number of nitrogens with one attached hydrogen (secondary N) is 2. The van der Waals surface area contributed by atoms with Gasteiger partial charge in [0.2, 0.25) is 0 Å². The summed E-state index contributed by atoms with van der Waals surface area (Å²) in [5, 5.41) is 15.0. The summed E-state index contributed by atoms with van der Waals surface area (Å²) < 4.78 is 54.1. The number of hydrogen-bond acceptors (Lipinski definition) is 5. The lowest BCUT2D eigenvalue weighted by molar-refractivity contribution is -0.142. The highest BCUT2D eigenvalue weighted by molar-refractivity contribution is 7.22. The van der Waals surface area contributed by atoms with Crippen LogP contribution < -0.4 is 10.6 Å². The van der Waals surface area contributed by atoms with Crippen LogP contribution in [0.4, 0.5) is 28.4 Å². The van der Waals surface area contributed by atoms with Gasteiger partial charge in [-0.05, 0) is 59.0 Å². The zero-order chi connectivity index (χ0) is 27.8. The number of carbonyl (C=O) groups is 2. The number of nitrogens with zero attached hydrogens (tertiary/aromatic N) is 1. The molecular formula is C27H23F4N3O3S. The van der Waals surface area contributed by atoms with Gasteiger partial charge in [0.15, 0.2) is 5.13 Å². The van der Waals surface area contributed by atoms with Crippen LogP contribution in [0.25, 0.3) is 21.3 Å². The summed E-state index contributed by atoms with van der Waals surface area (Å²) in [5.74, 6) is -2.28. The van der Waals surface area contributed by atoms with E-state index in [0.717, 1.165) is 23.5 Å². The van der Waals surface area contributed by atoms with Crippen molar-refractivity contribution in [3.63, 3.8) is 0 Å². The molecule has 0 aliphatic carbocycles. The summed E-state index contributed by atoms with van der Waals surface area (Å²) in [5.41, 5.74) is 0.397. The van der Waals surface area contributed by atoms with E-state index in [1.807, 2.05) is 0 Å². The van der Waals surface area contributed by atoms with Crippen LogP contribution in [-0.4, -0.2) is 28.0 Å². The molecule has 3 N–H and O–H groups in total. The molecule has 0 spiro atoms. The second-order valence-electron chi connectivity index (χ2n) is 9.71. The molecule has 1 atom stereocenters. The Labute approximate surface area is 219 Å². The molecule has 0 bridgehead atoms. The fraction of sp³-hybridized carbons (Fsp3) is 0.222. The molecule has 3 aromatic carbocycles. The Bertz CT molecular complexity index is 1510. The fourth-order valence-electron chi connectivity index (χ4n) is 3.74. The number of aromatic nitrogens is 1. The molecule has 0 saturated carbocycles. The molecule has 6 nitrogen and oxygen atoms in total. The third-order valence-electron chi connectivity index (χ3n) is 5.80. The number of fused-ring (bicyclic) bond motifs is 1. The minimum Gasteiger partial charge on any atom is -0.480 e. The van der Waals surface area contributed by atoms with E-state index in [4.69, 9.17) is 0 Å². The Hall–Kier alpha value is -3.99. The van der Waals surface area contributed by atoms with E-state index in [1.165, 1.54) is 30.3 Å². The van der Waals surface area contributed by atoms with E-state index in [9.17, 15) is 32.3 Å². The number of alkyl halides is 3. The van der Waals surface area contributed by atoms with Crippen LogP contribution >= 0.6 is 11.3 Å². The Kier molecular flexibility index (Phi) is 7.16. The predicted molar refractivity (Wildman–Crippen MR) is 138 cm³/mol. The SMILES string of the molecule is CC(C)(C)[C@H](NC(=O)c1ccc(-c2ccc(Nc3nc4ccc(C(F)(F)F)cc4s3)c(F)c2)cc1)C(=O)O. The van der Waals surface area contributed by atoms with Gasteiger partial charge < -0.3 is 15.7 Å². The first-order valence-corrected chi connectivity index (χ1v) is 12.2. The average molecular weight is 546 g/mol. The molecule has 0 unspecified atom stereocenters. The van der Waals surface area contributed by atoms with Crippen molar-refractivity contribution in [2.24, 2.45) is 5.41 Å². The van der Waals surface area contributed by atoms with Crippen molar-refractivity contribution in [3.05, 3.63) is 77.6 Å². The van der Waals surface area contributed by atoms with E-state index in [2.05, 4.69) is 15.6 Å². The number of carboxylic acid groups (broad SMARTS) is 1. The molecule has 198 valence electrons. The Morgan fingerprint density at radius 2 is 1.61 bits per heavy atom. The Balaban J connectivity index is 1.49. The fourth-order valence-corrected chi connectivity index (χ4v) is 4.66. The van der Waals surface area contributed by atoms with Gasteiger partial charge >= 0.3 is 12.1 Å². The van der Waals surface area contributed by atoms with Crippen molar-refractivity contribution < 1.29 is 32.3 Å². The molecule has 0 saturated heterocycles. The van der Waals surface area contributed by atoms with Crippen molar-refractivity contribution in [1.82, 2.24) is 10.3 Å². The zero-order valence-corrected chi connectivity index (χ0v) is 21.3. The quantitative estimate of drug-likeness (QED) is 0.225. The van der Waals surface area contributed by atoms with Gasteiger partial charge in [-0.2, -0.15) is 13.2 Å². The first-order valence-electron chi connectivity index (χ1n) is 11.4. The highest BCUT2D eigenvalue weighted by Crippen LogP contribution is 2.36. The van der Waals surface area contributed by atoms with Gasteiger partial charge in [0, 0.05) is 5.56 Å². The maximum absolute atomic E-state index is 14.9. The van der Waals surface area contributed by atoms with Crippen molar-refractivity contribution >= 4 is 44.2 Å². The Morgan fingerprint density at radius 1 is 0.947 bits per heavy atom. The lowest BCUT2D eigenvalue weighted by Crippen LogP contribution is -2.49. The van der Waals surface area contributed by atoms with Gasteiger partial charge in [0.25, 0.3) is 5.91 Å². The van der Waals surface area contributed by atoms with E-state index >= 15 is 0 Å². The number of halogens is 4. The number of benzene rings is 3. The van der Waals surface area contributed by atoms with E-state index in [0.29, 0.717) is 21.3 Å². The molecule has 1 amide bonds. The number of thiazole rings is 1. The number of carbonyl (C=O) groups excluding carboxylic acids is 1. The molecule has 11 heteroatoms. The maximum Gasteiger partial charge on any atom is 0.416 e. The van der Waals surface area contributed by atoms with Gasteiger partial charge in [0.05, 0.1) is 21.5 Å². The van der Waals surface area contributed by atoms with E-state index < -0.39 is 40.9 Å². The van der Waals surface area contributed by atoms with Gasteiger partial charge in [-0.15, -0.1) is 0 Å². The van der Waals surface area contributed by atoms with Gasteiger partial charge in [0.1, 0.15) is 11.9 Å². The number of aliphatic carboxylic acids is 1. The van der Waals surface area contributed by atoms with Gasteiger partial charge in [-0.1, -0.05) is 50.3 Å². The lowest BCUT2D eigenvalue weighted by Gasteiger charge is -2.27. The number of rotatable bonds is 6. The summed E-state index contributed by atoms with van der Waals surface area (Å²) in [6.07, 6.45) is -4.47. The summed E-state index contributed by atoms with van der Waals surface area (Å²) in [7, 11) is 0. The first kappa shape index (κ1) is 27.1. The minimum atomic E-state index is -4.47. The number of carboxylic acids is 1. The number of amides is 1. The van der Waals surface area contributed by atoms with Crippen LogP contribution in [0.15, 0.2) is 60.7 Å². The van der Waals surface area contributed by atoms with Crippen LogP contribution in [0.3, 0.4) is 0 Å². The number of anilines is 2. The summed E-state index contributed by atoms with van der Waals surface area (Å²) in [6, 6.07) is 12.9. The van der Waals surface area contributed by atoms with Crippen LogP contribution in [0, 0.1) is 11.2 Å². The minimum absolute atomic E-state index is 0.0988. The topological polar surface area (TPSA) is 91.3 Å². The standard InChI is InChI=1S/C27H23F4N3O3S/c1-26(2,3)22(24(36)37)34-23(35)15-6-4-14(5-7-15)16-8-10-19(18(28)12-16)32-25-33-20-11-9-17(27(29,30)31)13-21(20)38-25/h4-13,22H,1-3H3,(H,32,33)(H,34,35)(H,36,37)/t22-/m1/s1. The molecule has 4 rings (SSSR count). The molecule has 1 heterocycles. The third kappa shape index (κ3) is 5.94.